The largest absolute Gasteiger partial charge is 0.490 e. The Hall–Kier alpha value is -8.88. The lowest BCUT2D eigenvalue weighted by atomic mass is 9.63. The number of nitrogens with zero attached hydrogens (tertiary/aromatic N) is 10. The number of fused-ring (bicyclic) bond motifs is 8. The third-order valence-corrected chi connectivity index (χ3v) is 30.0. The molecule has 2 saturated carbocycles. The molecule has 28 nitrogen and oxygen atoms in total. The van der Waals surface area contributed by atoms with Crippen molar-refractivity contribution < 1.29 is 75.8 Å². The lowest BCUT2D eigenvalue weighted by molar-refractivity contribution is -0.144. The van der Waals surface area contributed by atoms with E-state index >= 15 is 0 Å². The van der Waals surface area contributed by atoms with Crippen molar-refractivity contribution in [2.24, 2.45) is 58.3 Å². The number of rotatable bonds is 10. The number of amides is 6. The van der Waals surface area contributed by atoms with Crippen molar-refractivity contribution in [3.63, 3.8) is 0 Å². The number of allylic oxidation sites excluding steroid dienone is 2. The number of aromatic nitrogens is 4. The molecule has 8 heterocycles. The number of nitrogens with one attached hydrogen (secondary N) is 2. The minimum absolute atomic E-state index is 0.0196. The second kappa shape index (κ2) is 34.7. The first-order valence-electron chi connectivity index (χ1n) is 41.0. The third-order valence-electron chi connectivity index (χ3n) is 25.5. The molecule has 6 amide bonds. The fourth-order valence-corrected chi connectivity index (χ4v) is 23.5. The van der Waals surface area contributed by atoms with Crippen LogP contribution in [-0.4, -0.2) is 212 Å². The Morgan fingerprint density at radius 1 is 0.576 bits per heavy atom. The van der Waals surface area contributed by atoms with Gasteiger partial charge in [-0.3, -0.25) is 47.6 Å². The molecule has 2 aromatic heterocycles. The van der Waals surface area contributed by atoms with Crippen molar-refractivity contribution in [2.45, 2.75) is 126 Å². The van der Waals surface area contributed by atoms with Gasteiger partial charge in [-0.25, -0.2) is 8.42 Å². The summed E-state index contributed by atoms with van der Waals surface area (Å²) in [4.78, 5) is 91.4. The molecule has 4 N–H and O–H groups in total. The zero-order valence-corrected chi connectivity index (χ0v) is 70.9. The summed E-state index contributed by atoms with van der Waals surface area (Å²) in [6.07, 6.45) is 19.3. The van der Waals surface area contributed by atoms with Crippen molar-refractivity contribution in [1.29, 1.82) is 0 Å². The molecule has 118 heavy (non-hydrogen) atoms. The van der Waals surface area contributed by atoms with E-state index in [4.69, 9.17) is 51.6 Å². The summed E-state index contributed by atoms with van der Waals surface area (Å²) in [7, 11) is -1.46. The van der Waals surface area contributed by atoms with Crippen LogP contribution in [0.5, 0.6) is 23.3 Å². The van der Waals surface area contributed by atoms with Gasteiger partial charge < -0.3 is 58.2 Å². The number of aliphatic hydroxyl groups is 2. The summed E-state index contributed by atoms with van der Waals surface area (Å²) in [5.41, 5.74) is 2.93. The number of carbonyl (C=O) groups is 6. The van der Waals surface area contributed by atoms with Gasteiger partial charge in [-0.1, -0.05) is 73.5 Å². The van der Waals surface area contributed by atoms with E-state index in [1.165, 1.54) is 58.2 Å². The van der Waals surface area contributed by atoms with Gasteiger partial charge in [-0.05, 0) is 195 Å². The molecule has 4 aromatic carbocycles. The van der Waals surface area contributed by atoms with E-state index in [1.807, 2.05) is 50.3 Å². The number of anilines is 2. The lowest BCUT2D eigenvalue weighted by Gasteiger charge is -2.49. The smallest absolute Gasteiger partial charge is 0.286 e. The maximum Gasteiger partial charge on any atom is 0.286 e. The standard InChI is InChI=1S/2C43H53ClN6O8S/c2*1-28-6-4-15-43(54,22-38(51)49-16-18-57-19-17-49)35-11-8-31(35)23-50-26-42(14-5-7-29-20-32(44)10-12-34(29)42)27-58-37-13-9-30(21-36(37)50)39(52)46-59(55,25-28)47-40(53)33-24-48(2)45-41(33)56-3/h2*4,9-10,12-13,15,20-21,24,28,31,35,54H,5-8,11,14,16-19,22-23,25-27H2,1-3H3,(H,46,47,52,53,55)/b2*15-4+/t28-,31-,35+,42-,43+,59?;28-,31-,35+,42-,43-,59?/m00/s1. The van der Waals surface area contributed by atoms with Crippen molar-refractivity contribution in [1.82, 2.24) is 38.8 Å². The zero-order chi connectivity index (χ0) is 83.1. The maximum atomic E-state index is 14.8. The second-order valence-corrected chi connectivity index (χ2v) is 38.9. The first-order chi connectivity index (χ1) is 56.5. The second-order valence-electron chi connectivity index (χ2n) is 34.0. The van der Waals surface area contributed by atoms with E-state index < -0.39 is 65.5 Å². The predicted octanol–water partition coefficient (Wildman–Crippen LogP) is 10.2. The van der Waals surface area contributed by atoms with Gasteiger partial charge in [-0.15, -0.1) is 18.9 Å². The Bertz CT molecular complexity index is 4880. The Morgan fingerprint density at radius 2 is 0.983 bits per heavy atom. The summed E-state index contributed by atoms with van der Waals surface area (Å²) < 4.78 is 81.1. The van der Waals surface area contributed by atoms with E-state index in [1.54, 1.807) is 72.4 Å². The van der Waals surface area contributed by atoms with E-state index in [9.17, 15) is 47.4 Å². The molecule has 6 aliphatic heterocycles. The number of ether oxygens (including phenoxy) is 6. The van der Waals surface area contributed by atoms with Crippen LogP contribution in [0.3, 0.4) is 0 Å². The summed E-state index contributed by atoms with van der Waals surface area (Å²) in [6, 6.07) is 22.4. The van der Waals surface area contributed by atoms with Crippen LogP contribution in [0.15, 0.2) is 118 Å². The molecule has 6 aromatic rings. The van der Waals surface area contributed by atoms with E-state index in [2.05, 4.69) is 50.3 Å². The molecule has 2 spiro atoms. The summed E-state index contributed by atoms with van der Waals surface area (Å²) >= 11 is 13.0. The van der Waals surface area contributed by atoms with E-state index in [0.717, 1.165) is 64.2 Å². The molecule has 0 radical (unpaired) electrons. The predicted molar refractivity (Wildman–Crippen MR) is 447 cm³/mol. The van der Waals surface area contributed by atoms with Crippen LogP contribution in [0.25, 0.3) is 0 Å². The molecule has 32 heteroatoms. The van der Waals surface area contributed by atoms with Gasteiger partial charge in [0.1, 0.15) is 42.5 Å². The number of morpholine rings is 2. The molecule has 4 fully saturated rings. The molecular weight excluding hydrogens is 1590 g/mol. The number of halogens is 2. The number of aryl methyl sites for hydroxylation is 4. The highest BCUT2D eigenvalue weighted by Crippen LogP contribution is 2.52. The van der Waals surface area contributed by atoms with E-state index in [0.29, 0.717) is 138 Å². The fourth-order valence-electron chi connectivity index (χ4n) is 19.4. The third kappa shape index (κ3) is 18.0. The zero-order valence-electron chi connectivity index (χ0n) is 67.7. The van der Waals surface area contributed by atoms with Gasteiger partial charge in [0.05, 0.1) is 101 Å². The lowest BCUT2D eigenvalue weighted by Crippen LogP contribution is -2.54. The monoisotopic (exact) mass is 1700 g/mol. The topological polar surface area (TPSA) is 330 Å². The first kappa shape index (κ1) is 84.2. The highest BCUT2D eigenvalue weighted by atomic mass is 35.5. The van der Waals surface area contributed by atoms with Crippen LogP contribution in [0.2, 0.25) is 10.0 Å². The summed E-state index contributed by atoms with van der Waals surface area (Å²) in [6.45, 7) is 10.4. The Kier molecular flexibility index (Phi) is 24.7. The highest BCUT2D eigenvalue weighted by molar-refractivity contribution is 7.92. The Labute approximate surface area is 699 Å². The molecule has 10 aliphatic rings. The van der Waals surface area contributed by atoms with Crippen molar-refractivity contribution >= 4 is 89.8 Å². The molecule has 2 saturated heterocycles. The Morgan fingerprint density at radius 3 is 1.36 bits per heavy atom. The van der Waals surface area contributed by atoms with Crippen molar-refractivity contribution in [3.05, 3.63) is 164 Å². The van der Waals surface area contributed by atoms with Crippen molar-refractivity contribution in [2.75, 3.05) is 128 Å². The fraction of sp³-hybridized carbons (Fsp3) is 0.535. The molecule has 632 valence electrons. The number of hydrogen-bond donors (Lipinski definition) is 4. The van der Waals surface area contributed by atoms with Gasteiger partial charge in [0.25, 0.3) is 23.6 Å². The quantitative estimate of drug-likeness (QED) is 0.0926. The van der Waals surface area contributed by atoms with Crippen molar-refractivity contribution in [3.8, 4) is 23.3 Å². The average molecular weight is 1700 g/mol. The number of hydrogen-bond acceptors (Lipinski definition) is 20. The van der Waals surface area contributed by atoms with Crippen LogP contribution in [0.4, 0.5) is 11.4 Å². The Balaban J connectivity index is 0.000000185. The minimum atomic E-state index is -3.74. The molecule has 2 unspecified atom stereocenters. The number of benzene rings is 4. The van der Waals surface area contributed by atoms with Crippen LogP contribution < -0.4 is 38.2 Å². The molecular formula is C86H106Cl2N12O16S2. The van der Waals surface area contributed by atoms with Gasteiger partial charge >= 0.3 is 0 Å². The molecule has 16 rings (SSSR count). The van der Waals surface area contributed by atoms with Gasteiger partial charge in [0.2, 0.25) is 23.6 Å². The van der Waals surface area contributed by atoms with Gasteiger partial charge in [0, 0.05) is 111 Å². The maximum absolute atomic E-state index is 14.8. The number of carbonyl (C=O) groups excluding carboxylic acids is 6. The normalized spacial score (nSPS) is 30.1. The highest BCUT2D eigenvalue weighted by Gasteiger charge is 2.52. The summed E-state index contributed by atoms with van der Waals surface area (Å²) in [5.74, 6) is -3.44. The first-order valence-corrected chi connectivity index (χ1v) is 45.2. The SMILES string of the molecule is COc1nn(C)cc1C(=O)NS1(=O)=NC(=O)c2ccc3c(c2)N(C[C@@H]2CC[C@H]2[C@@](O)(CC(=O)N2CCOCC2)/C=C/C[C@H](C)C1)C[C@@]1(CCCc2cc(Cl)ccc21)CO3.COc1nn(C)cc1C(=O)NS1(=O)=NC(=O)c2ccc3c(c2)N(C[C@@H]2CC[C@H]2[C@](O)(CC(=O)N2CCOCC2)/C=C/C[C@H](C)C1)C[C@@]1(CCCc2cc(Cl)ccc21)CO3. The van der Waals surface area contributed by atoms with Crippen LogP contribution in [0.1, 0.15) is 155 Å². The van der Waals surface area contributed by atoms with E-state index in [-0.39, 0.29) is 106 Å². The van der Waals surface area contributed by atoms with Gasteiger partial charge in [-0.2, -0.15) is 0 Å². The van der Waals surface area contributed by atoms with Crippen LogP contribution in [-0.2, 0) is 76.7 Å². The number of methoxy groups -OCH3 is 2. The molecule has 12 atom stereocenters. The minimum Gasteiger partial charge on any atom is -0.490 e. The van der Waals surface area contributed by atoms with Gasteiger partial charge in [0.15, 0.2) is 0 Å². The van der Waals surface area contributed by atoms with Crippen LogP contribution in [0, 0.1) is 35.5 Å². The average Bonchev–Trinajstić information content (AvgIpc) is 1.49. The van der Waals surface area contributed by atoms with Crippen LogP contribution >= 0.6 is 23.2 Å². The molecule has 4 aliphatic carbocycles. The molecule has 4 bridgehead atoms. The summed E-state index contributed by atoms with van der Waals surface area (Å²) in [5, 5.41) is 35.1.